The molecular formula is C14H8FNO6. The molecule has 7 nitrogen and oxygen atoms in total. The summed E-state index contributed by atoms with van der Waals surface area (Å²) in [5, 5.41) is 28.5. The number of nitro groups is 1. The zero-order valence-electron chi connectivity index (χ0n) is 10.8. The van der Waals surface area contributed by atoms with Crippen LogP contribution in [0.5, 0.6) is 0 Å². The third-order valence-corrected chi connectivity index (χ3v) is 2.96. The first-order chi connectivity index (χ1) is 10.3. The molecule has 2 N–H and O–H groups in total. The fourth-order valence-electron chi connectivity index (χ4n) is 1.91. The first kappa shape index (κ1) is 15.1. The Kier molecular flexibility index (Phi) is 3.85. The molecule has 0 heterocycles. The normalized spacial score (nSPS) is 10.2. The van der Waals surface area contributed by atoms with Gasteiger partial charge >= 0.3 is 11.9 Å². The van der Waals surface area contributed by atoms with Crippen LogP contribution in [0.1, 0.15) is 20.7 Å². The average molecular weight is 305 g/mol. The van der Waals surface area contributed by atoms with Crippen molar-refractivity contribution in [1.29, 1.82) is 0 Å². The summed E-state index contributed by atoms with van der Waals surface area (Å²) in [5.41, 5.74) is -1.25. The topological polar surface area (TPSA) is 118 Å². The number of nitrogens with zero attached hydrogens (tertiary/aromatic N) is 1. The van der Waals surface area contributed by atoms with Crippen molar-refractivity contribution in [2.75, 3.05) is 0 Å². The lowest BCUT2D eigenvalue weighted by Gasteiger charge is -2.05. The van der Waals surface area contributed by atoms with Crippen molar-refractivity contribution in [3.8, 4) is 11.1 Å². The number of carboxylic acid groups (broad SMARTS) is 2. The lowest BCUT2D eigenvalue weighted by Crippen LogP contribution is -2.03. The van der Waals surface area contributed by atoms with E-state index in [1.165, 1.54) is 12.1 Å². The Bertz CT molecular complexity index is 802. The first-order valence-electron chi connectivity index (χ1n) is 5.86. The van der Waals surface area contributed by atoms with E-state index >= 15 is 0 Å². The smallest absolute Gasteiger partial charge is 0.342 e. The number of halogens is 1. The second-order valence-electron chi connectivity index (χ2n) is 4.29. The van der Waals surface area contributed by atoms with Crippen LogP contribution in [-0.4, -0.2) is 27.1 Å². The molecule has 8 heteroatoms. The standard InChI is InChI=1S/C14H8FNO6/c15-11-5-7(1-3-9(11)13(17)18)8-2-4-10(14(19)20)12(6-8)16(21)22/h1-6H,(H,17,18)(H,19,20). The summed E-state index contributed by atoms with van der Waals surface area (Å²) in [4.78, 5) is 31.7. The minimum Gasteiger partial charge on any atom is -0.478 e. The molecule has 2 rings (SSSR count). The molecule has 2 aromatic rings. The second-order valence-corrected chi connectivity index (χ2v) is 4.29. The predicted molar refractivity (Wildman–Crippen MR) is 72.4 cm³/mol. The van der Waals surface area contributed by atoms with Crippen LogP contribution in [0.3, 0.4) is 0 Å². The second kappa shape index (κ2) is 5.60. The highest BCUT2D eigenvalue weighted by Gasteiger charge is 2.21. The van der Waals surface area contributed by atoms with E-state index in [0.717, 1.165) is 24.3 Å². The minimum atomic E-state index is -1.45. The fourth-order valence-corrected chi connectivity index (χ4v) is 1.91. The Labute approximate surface area is 122 Å². The van der Waals surface area contributed by atoms with E-state index in [0.29, 0.717) is 0 Å². The molecule has 0 atom stereocenters. The number of aromatic carboxylic acids is 2. The van der Waals surface area contributed by atoms with Gasteiger partial charge in [-0.3, -0.25) is 10.1 Å². The molecule has 0 amide bonds. The summed E-state index contributed by atoms with van der Waals surface area (Å²) < 4.78 is 13.6. The molecule has 0 bridgehead atoms. The third-order valence-electron chi connectivity index (χ3n) is 2.96. The van der Waals surface area contributed by atoms with E-state index in [1.807, 2.05) is 0 Å². The van der Waals surface area contributed by atoms with Gasteiger partial charge in [0.15, 0.2) is 0 Å². The van der Waals surface area contributed by atoms with Crippen LogP contribution in [0.25, 0.3) is 11.1 Å². The monoisotopic (exact) mass is 305 g/mol. The number of rotatable bonds is 4. The van der Waals surface area contributed by atoms with E-state index in [1.54, 1.807) is 0 Å². The summed E-state index contributed by atoms with van der Waals surface area (Å²) >= 11 is 0. The molecular weight excluding hydrogens is 297 g/mol. The molecule has 0 aliphatic carbocycles. The van der Waals surface area contributed by atoms with Gasteiger partial charge in [-0.15, -0.1) is 0 Å². The van der Waals surface area contributed by atoms with Gasteiger partial charge in [0, 0.05) is 6.07 Å². The van der Waals surface area contributed by atoms with E-state index in [2.05, 4.69) is 0 Å². The largest absolute Gasteiger partial charge is 0.478 e. The summed E-state index contributed by atoms with van der Waals surface area (Å²) in [6, 6.07) is 6.56. The Hall–Kier alpha value is -3.29. The quantitative estimate of drug-likeness (QED) is 0.662. The van der Waals surface area contributed by atoms with Crippen LogP contribution < -0.4 is 0 Å². The average Bonchev–Trinajstić information content (AvgIpc) is 2.45. The van der Waals surface area contributed by atoms with Crippen LogP contribution in [0.2, 0.25) is 0 Å². The Balaban J connectivity index is 2.56. The van der Waals surface area contributed by atoms with Gasteiger partial charge in [-0.2, -0.15) is 0 Å². The van der Waals surface area contributed by atoms with Crippen molar-refractivity contribution >= 4 is 17.6 Å². The van der Waals surface area contributed by atoms with E-state index in [-0.39, 0.29) is 11.1 Å². The van der Waals surface area contributed by atoms with Crippen molar-refractivity contribution in [3.63, 3.8) is 0 Å². The molecule has 0 aliphatic rings. The maximum atomic E-state index is 13.6. The Morgan fingerprint density at radius 3 is 1.91 bits per heavy atom. The van der Waals surface area contributed by atoms with Gasteiger partial charge in [-0.05, 0) is 29.3 Å². The highest BCUT2D eigenvalue weighted by molar-refractivity contribution is 5.93. The third kappa shape index (κ3) is 2.75. The zero-order valence-corrected chi connectivity index (χ0v) is 10.8. The predicted octanol–water partition coefficient (Wildman–Crippen LogP) is 2.80. The summed E-state index contributed by atoms with van der Waals surface area (Å²) in [6.45, 7) is 0. The van der Waals surface area contributed by atoms with E-state index in [4.69, 9.17) is 10.2 Å². The van der Waals surface area contributed by atoms with Gasteiger partial charge in [0.25, 0.3) is 5.69 Å². The lowest BCUT2D eigenvalue weighted by molar-refractivity contribution is -0.385. The Morgan fingerprint density at radius 2 is 1.45 bits per heavy atom. The van der Waals surface area contributed by atoms with Gasteiger partial charge in [0.2, 0.25) is 0 Å². The van der Waals surface area contributed by atoms with Crippen LogP contribution in [-0.2, 0) is 0 Å². The number of nitro benzene ring substituents is 1. The van der Waals surface area contributed by atoms with E-state index in [9.17, 15) is 24.1 Å². The van der Waals surface area contributed by atoms with Crippen molar-refractivity contribution in [2.45, 2.75) is 0 Å². The number of hydrogen-bond acceptors (Lipinski definition) is 4. The van der Waals surface area contributed by atoms with Crippen LogP contribution in [0, 0.1) is 15.9 Å². The number of carboxylic acids is 2. The SMILES string of the molecule is O=C(O)c1ccc(-c2ccc(C(=O)O)c([N+](=O)[O-])c2)cc1F. The van der Waals surface area contributed by atoms with Gasteiger partial charge in [0.05, 0.1) is 10.5 Å². The highest BCUT2D eigenvalue weighted by atomic mass is 19.1. The molecule has 0 aromatic heterocycles. The summed E-state index contributed by atoms with van der Waals surface area (Å²) in [5.74, 6) is -3.88. The highest BCUT2D eigenvalue weighted by Crippen LogP contribution is 2.28. The maximum Gasteiger partial charge on any atom is 0.342 e. The molecule has 2 aromatic carbocycles. The summed E-state index contributed by atoms with van der Waals surface area (Å²) in [7, 11) is 0. The maximum absolute atomic E-state index is 13.6. The number of carbonyl (C=O) groups is 2. The number of hydrogen-bond donors (Lipinski definition) is 2. The molecule has 0 radical (unpaired) electrons. The lowest BCUT2D eigenvalue weighted by atomic mass is 10.0. The molecule has 0 saturated carbocycles. The molecule has 112 valence electrons. The van der Waals surface area contributed by atoms with Gasteiger partial charge in [-0.25, -0.2) is 14.0 Å². The van der Waals surface area contributed by atoms with Gasteiger partial charge in [-0.1, -0.05) is 12.1 Å². The van der Waals surface area contributed by atoms with Crippen molar-refractivity contribution in [1.82, 2.24) is 0 Å². The van der Waals surface area contributed by atoms with Gasteiger partial charge in [0.1, 0.15) is 11.4 Å². The van der Waals surface area contributed by atoms with Crippen molar-refractivity contribution < 1.29 is 29.1 Å². The van der Waals surface area contributed by atoms with Crippen LogP contribution in [0.15, 0.2) is 36.4 Å². The molecule has 22 heavy (non-hydrogen) atoms. The van der Waals surface area contributed by atoms with Gasteiger partial charge < -0.3 is 10.2 Å². The molecule has 0 spiro atoms. The molecule has 0 unspecified atom stereocenters. The van der Waals surface area contributed by atoms with Crippen LogP contribution in [0.4, 0.5) is 10.1 Å². The zero-order chi connectivity index (χ0) is 16.4. The summed E-state index contributed by atoms with van der Waals surface area (Å²) in [6.07, 6.45) is 0. The Morgan fingerprint density at radius 1 is 0.955 bits per heavy atom. The van der Waals surface area contributed by atoms with Crippen LogP contribution >= 0.6 is 0 Å². The fraction of sp³-hybridized carbons (Fsp3) is 0. The van der Waals surface area contributed by atoms with Crippen molar-refractivity contribution in [3.05, 3.63) is 63.5 Å². The molecule has 0 fully saturated rings. The number of benzene rings is 2. The van der Waals surface area contributed by atoms with Crippen molar-refractivity contribution in [2.24, 2.45) is 0 Å². The van der Waals surface area contributed by atoms with E-state index < -0.39 is 39.5 Å². The first-order valence-corrected chi connectivity index (χ1v) is 5.86. The molecule has 0 saturated heterocycles. The molecule has 0 aliphatic heterocycles. The minimum absolute atomic E-state index is 0.197.